The lowest BCUT2D eigenvalue weighted by molar-refractivity contribution is 0.0948. The molecule has 0 fully saturated rings. The summed E-state index contributed by atoms with van der Waals surface area (Å²) in [4.78, 5) is 22.5. The summed E-state index contributed by atoms with van der Waals surface area (Å²) in [6.07, 6.45) is 0.704. The number of nitrogens with two attached hydrogens (primary N) is 1. The minimum Gasteiger partial charge on any atom is -0.399 e. The third-order valence-electron chi connectivity index (χ3n) is 2.59. The summed E-state index contributed by atoms with van der Waals surface area (Å²) in [5, 5.41) is 8.59. The Morgan fingerprint density at radius 1 is 1.21 bits per heavy atom. The smallest absolute Gasteiger partial charge is 0.271 e. The number of benzene rings is 1. The molecular formula is C13H14N4O2. The maximum Gasteiger partial charge on any atom is 0.271 e. The number of carbonyl (C=O) groups excluding carboxylic acids is 1. The number of nitrogen functional groups attached to an aromatic ring is 1. The molecule has 98 valence electrons. The fraction of sp³-hybridized carbons (Fsp3) is 0.154. The van der Waals surface area contributed by atoms with Crippen molar-refractivity contribution in [2.75, 3.05) is 12.3 Å². The van der Waals surface area contributed by atoms with Crippen molar-refractivity contribution in [3.63, 3.8) is 0 Å². The van der Waals surface area contributed by atoms with Crippen LogP contribution in [0.3, 0.4) is 0 Å². The fourth-order valence-electron chi connectivity index (χ4n) is 1.57. The molecule has 0 spiro atoms. The highest BCUT2D eigenvalue weighted by atomic mass is 16.2. The molecular weight excluding hydrogens is 244 g/mol. The van der Waals surface area contributed by atoms with Crippen molar-refractivity contribution in [2.24, 2.45) is 0 Å². The van der Waals surface area contributed by atoms with Crippen LogP contribution >= 0.6 is 0 Å². The van der Waals surface area contributed by atoms with Crippen LogP contribution in [0.1, 0.15) is 16.1 Å². The van der Waals surface area contributed by atoms with Crippen LogP contribution < -0.4 is 16.6 Å². The molecule has 0 bridgehead atoms. The van der Waals surface area contributed by atoms with Crippen LogP contribution in [0, 0.1) is 0 Å². The van der Waals surface area contributed by atoms with Crippen LogP contribution in [-0.4, -0.2) is 22.6 Å². The highest BCUT2D eigenvalue weighted by Gasteiger charge is 2.06. The average Bonchev–Trinajstić information content (AvgIpc) is 2.41. The molecule has 0 saturated heterocycles. The Labute approximate surface area is 109 Å². The van der Waals surface area contributed by atoms with Gasteiger partial charge in [-0.05, 0) is 30.2 Å². The Morgan fingerprint density at radius 2 is 1.95 bits per heavy atom. The number of rotatable bonds is 4. The minimum atomic E-state index is -0.335. The van der Waals surface area contributed by atoms with Crippen molar-refractivity contribution < 1.29 is 4.79 Å². The molecule has 0 radical (unpaired) electrons. The first-order valence-corrected chi connectivity index (χ1v) is 5.83. The summed E-state index contributed by atoms with van der Waals surface area (Å²) in [6, 6.07) is 10.1. The molecule has 0 atom stereocenters. The minimum absolute atomic E-state index is 0.192. The zero-order valence-corrected chi connectivity index (χ0v) is 10.2. The van der Waals surface area contributed by atoms with Crippen molar-refractivity contribution in [3.8, 4) is 0 Å². The number of aromatic nitrogens is 2. The number of anilines is 1. The maximum absolute atomic E-state index is 11.7. The molecule has 6 heteroatoms. The third-order valence-corrected chi connectivity index (χ3v) is 2.59. The monoisotopic (exact) mass is 258 g/mol. The number of nitrogens with one attached hydrogen (secondary N) is 2. The van der Waals surface area contributed by atoms with E-state index in [1.807, 2.05) is 24.3 Å². The molecule has 6 nitrogen and oxygen atoms in total. The van der Waals surface area contributed by atoms with Crippen LogP contribution in [-0.2, 0) is 6.42 Å². The Bertz CT molecular complexity index is 599. The summed E-state index contributed by atoms with van der Waals surface area (Å²) in [5.41, 5.74) is 7.24. The first-order valence-electron chi connectivity index (χ1n) is 5.83. The van der Waals surface area contributed by atoms with E-state index in [-0.39, 0.29) is 17.2 Å². The van der Waals surface area contributed by atoms with Gasteiger partial charge in [-0.2, -0.15) is 5.10 Å². The van der Waals surface area contributed by atoms with E-state index in [1.165, 1.54) is 12.1 Å². The molecule has 1 amide bonds. The number of amides is 1. The predicted molar refractivity (Wildman–Crippen MR) is 71.7 cm³/mol. The molecule has 0 aliphatic heterocycles. The van der Waals surface area contributed by atoms with Gasteiger partial charge in [0.1, 0.15) is 5.69 Å². The van der Waals surface area contributed by atoms with Gasteiger partial charge in [0.2, 0.25) is 0 Å². The molecule has 1 heterocycles. The maximum atomic E-state index is 11.7. The summed E-state index contributed by atoms with van der Waals surface area (Å²) in [7, 11) is 0. The highest BCUT2D eigenvalue weighted by molar-refractivity contribution is 5.91. The van der Waals surface area contributed by atoms with E-state index < -0.39 is 0 Å². The lowest BCUT2D eigenvalue weighted by Crippen LogP contribution is -2.27. The van der Waals surface area contributed by atoms with Gasteiger partial charge in [0.25, 0.3) is 11.5 Å². The van der Waals surface area contributed by atoms with Crippen molar-refractivity contribution >= 4 is 11.6 Å². The second kappa shape index (κ2) is 5.81. The van der Waals surface area contributed by atoms with Crippen molar-refractivity contribution in [1.29, 1.82) is 0 Å². The topological polar surface area (TPSA) is 101 Å². The molecule has 0 aliphatic carbocycles. The molecule has 2 rings (SSSR count). The number of hydrogen-bond acceptors (Lipinski definition) is 4. The van der Waals surface area contributed by atoms with Gasteiger partial charge in [-0.3, -0.25) is 9.59 Å². The Morgan fingerprint density at radius 3 is 2.58 bits per heavy atom. The fourth-order valence-corrected chi connectivity index (χ4v) is 1.57. The number of carbonyl (C=O) groups is 1. The van der Waals surface area contributed by atoms with E-state index in [0.29, 0.717) is 18.7 Å². The molecule has 1 aromatic carbocycles. The summed E-state index contributed by atoms with van der Waals surface area (Å²) in [6.45, 7) is 0.490. The second-order valence-corrected chi connectivity index (χ2v) is 4.05. The number of aromatic amines is 1. The van der Waals surface area contributed by atoms with Crippen molar-refractivity contribution in [3.05, 3.63) is 58.0 Å². The first-order chi connectivity index (χ1) is 9.15. The third kappa shape index (κ3) is 3.67. The highest BCUT2D eigenvalue weighted by Crippen LogP contribution is 2.05. The van der Waals surface area contributed by atoms with E-state index in [0.717, 1.165) is 5.56 Å². The standard InChI is InChI=1S/C13H14N4O2/c14-10-3-1-9(2-4-10)7-8-15-13(19)11-5-6-12(18)17-16-11/h1-6H,7-8,14H2,(H,15,19)(H,17,18). The number of hydrogen-bond donors (Lipinski definition) is 3. The first kappa shape index (κ1) is 12.8. The van der Waals surface area contributed by atoms with Gasteiger partial charge in [-0.25, -0.2) is 5.10 Å². The van der Waals surface area contributed by atoms with Crippen molar-refractivity contribution in [2.45, 2.75) is 6.42 Å². The molecule has 19 heavy (non-hydrogen) atoms. The average molecular weight is 258 g/mol. The van der Waals surface area contributed by atoms with E-state index in [4.69, 9.17) is 5.73 Å². The van der Waals surface area contributed by atoms with Crippen LogP contribution in [0.15, 0.2) is 41.2 Å². The number of nitrogens with zero attached hydrogens (tertiary/aromatic N) is 1. The summed E-state index contributed by atoms with van der Waals surface area (Å²) >= 11 is 0. The lowest BCUT2D eigenvalue weighted by atomic mass is 10.1. The summed E-state index contributed by atoms with van der Waals surface area (Å²) in [5.74, 6) is -0.313. The Balaban J connectivity index is 1.85. The van der Waals surface area contributed by atoms with E-state index >= 15 is 0 Å². The zero-order valence-electron chi connectivity index (χ0n) is 10.2. The van der Waals surface area contributed by atoms with Gasteiger partial charge in [-0.15, -0.1) is 0 Å². The molecule has 2 aromatic rings. The Hall–Kier alpha value is -2.63. The molecule has 0 saturated carbocycles. The van der Waals surface area contributed by atoms with Crippen LogP contribution in [0.4, 0.5) is 5.69 Å². The molecule has 0 unspecified atom stereocenters. The van der Waals surface area contributed by atoms with Crippen LogP contribution in [0.2, 0.25) is 0 Å². The predicted octanol–water partition coefficient (Wildman–Crippen LogP) is 0.325. The van der Waals surface area contributed by atoms with E-state index in [9.17, 15) is 9.59 Å². The molecule has 1 aromatic heterocycles. The van der Waals surface area contributed by atoms with Crippen LogP contribution in [0.5, 0.6) is 0 Å². The summed E-state index contributed by atoms with van der Waals surface area (Å²) < 4.78 is 0. The van der Waals surface area contributed by atoms with Gasteiger partial charge >= 0.3 is 0 Å². The second-order valence-electron chi connectivity index (χ2n) is 4.05. The van der Waals surface area contributed by atoms with Gasteiger partial charge in [0.05, 0.1) is 0 Å². The molecule has 0 aliphatic rings. The van der Waals surface area contributed by atoms with Gasteiger partial charge < -0.3 is 11.1 Å². The normalized spacial score (nSPS) is 10.1. The van der Waals surface area contributed by atoms with Gasteiger partial charge in [-0.1, -0.05) is 12.1 Å². The quantitative estimate of drug-likeness (QED) is 0.688. The van der Waals surface area contributed by atoms with Crippen LogP contribution in [0.25, 0.3) is 0 Å². The SMILES string of the molecule is Nc1ccc(CCNC(=O)c2ccc(=O)[nH]n2)cc1. The zero-order chi connectivity index (χ0) is 13.7. The largest absolute Gasteiger partial charge is 0.399 e. The van der Waals surface area contributed by atoms with Gasteiger partial charge in [0, 0.05) is 18.3 Å². The van der Waals surface area contributed by atoms with E-state index in [1.54, 1.807) is 0 Å². The lowest BCUT2D eigenvalue weighted by Gasteiger charge is -2.04. The van der Waals surface area contributed by atoms with E-state index in [2.05, 4.69) is 15.5 Å². The van der Waals surface area contributed by atoms with Gasteiger partial charge in [0.15, 0.2) is 0 Å². The number of H-pyrrole nitrogens is 1. The van der Waals surface area contributed by atoms with Crippen molar-refractivity contribution in [1.82, 2.24) is 15.5 Å². The molecule has 4 N–H and O–H groups in total. The Kier molecular flexibility index (Phi) is 3.92.